The third-order valence-electron chi connectivity index (χ3n) is 3.95. The van der Waals surface area contributed by atoms with E-state index < -0.39 is 0 Å². The van der Waals surface area contributed by atoms with Gasteiger partial charge in [-0.1, -0.05) is 48.7 Å². The molecule has 2 aliphatic carbocycles. The van der Waals surface area contributed by atoms with Crippen LogP contribution in [-0.2, 0) is 4.84 Å². The Bertz CT molecular complexity index is 400. The molecule has 2 heteroatoms. The minimum Gasteiger partial charge on any atom is -0.392 e. The number of rotatable bonds is 4. The molecule has 2 fully saturated rings. The van der Waals surface area contributed by atoms with Crippen molar-refractivity contribution in [3.05, 3.63) is 35.4 Å². The number of hydrogen-bond donors (Lipinski definition) is 0. The maximum atomic E-state index is 5.27. The maximum absolute atomic E-state index is 5.27. The number of oxime groups is 1. The standard InChI is InChI=1S/C16H21NO/c1-2-4-14(5-3-1)15-8-6-13(7-9-15)12-17-18-16-10-11-16/h6-9,12,14,16H,1-5,10-11H2. The molecule has 0 radical (unpaired) electrons. The van der Waals surface area contributed by atoms with Crippen molar-refractivity contribution in [3.63, 3.8) is 0 Å². The zero-order valence-corrected chi connectivity index (χ0v) is 10.8. The molecule has 0 unspecified atom stereocenters. The molecule has 0 atom stereocenters. The van der Waals surface area contributed by atoms with E-state index in [1.807, 2.05) is 6.21 Å². The molecule has 0 bridgehead atoms. The Hall–Kier alpha value is -1.31. The Labute approximate surface area is 109 Å². The highest BCUT2D eigenvalue weighted by Gasteiger charge is 2.23. The monoisotopic (exact) mass is 243 g/mol. The summed E-state index contributed by atoms with van der Waals surface area (Å²) < 4.78 is 0. The average molecular weight is 243 g/mol. The summed E-state index contributed by atoms with van der Waals surface area (Å²) in [4.78, 5) is 5.27. The molecule has 0 N–H and O–H groups in total. The maximum Gasteiger partial charge on any atom is 0.127 e. The van der Waals surface area contributed by atoms with Gasteiger partial charge in [0.25, 0.3) is 0 Å². The first kappa shape index (κ1) is 11.8. The normalized spacial score (nSPS) is 21.3. The highest BCUT2D eigenvalue weighted by Crippen LogP contribution is 2.32. The second kappa shape index (κ2) is 5.55. The van der Waals surface area contributed by atoms with Crippen molar-refractivity contribution < 1.29 is 4.84 Å². The van der Waals surface area contributed by atoms with Gasteiger partial charge >= 0.3 is 0 Å². The molecule has 2 aliphatic rings. The smallest absolute Gasteiger partial charge is 0.127 e. The molecule has 18 heavy (non-hydrogen) atoms. The summed E-state index contributed by atoms with van der Waals surface area (Å²) in [6.07, 6.45) is 11.5. The Balaban J connectivity index is 1.58. The predicted octanol–water partition coefficient (Wildman–Crippen LogP) is 4.25. The lowest BCUT2D eigenvalue weighted by molar-refractivity contribution is 0.131. The van der Waals surface area contributed by atoms with Gasteiger partial charge in [0.15, 0.2) is 0 Å². The summed E-state index contributed by atoms with van der Waals surface area (Å²) >= 11 is 0. The fraction of sp³-hybridized carbons (Fsp3) is 0.562. The van der Waals surface area contributed by atoms with Crippen molar-refractivity contribution in [2.75, 3.05) is 0 Å². The lowest BCUT2D eigenvalue weighted by Gasteiger charge is -2.21. The van der Waals surface area contributed by atoms with Gasteiger partial charge in [0.1, 0.15) is 6.10 Å². The molecule has 0 heterocycles. The molecular weight excluding hydrogens is 222 g/mol. The van der Waals surface area contributed by atoms with E-state index >= 15 is 0 Å². The summed E-state index contributed by atoms with van der Waals surface area (Å²) in [7, 11) is 0. The molecule has 0 aromatic heterocycles. The summed E-state index contributed by atoms with van der Waals surface area (Å²) in [6.45, 7) is 0. The van der Waals surface area contributed by atoms with Crippen molar-refractivity contribution in [2.24, 2.45) is 5.16 Å². The van der Waals surface area contributed by atoms with Gasteiger partial charge in [-0.2, -0.15) is 0 Å². The van der Waals surface area contributed by atoms with Gasteiger partial charge in [0.2, 0.25) is 0 Å². The Morgan fingerprint density at radius 1 is 0.944 bits per heavy atom. The summed E-state index contributed by atoms with van der Waals surface area (Å²) in [6, 6.07) is 8.83. The molecule has 96 valence electrons. The summed E-state index contributed by atoms with van der Waals surface area (Å²) in [5.41, 5.74) is 2.63. The Morgan fingerprint density at radius 3 is 2.33 bits per heavy atom. The van der Waals surface area contributed by atoms with Crippen LogP contribution in [0.1, 0.15) is 62.0 Å². The van der Waals surface area contributed by atoms with Gasteiger partial charge in [-0.25, -0.2) is 0 Å². The number of nitrogens with zero attached hydrogens (tertiary/aromatic N) is 1. The second-order valence-electron chi connectivity index (χ2n) is 5.54. The van der Waals surface area contributed by atoms with Gasteiger partial charge in [0.05, 0.1) is 6.21 Å². The number of hydrogen-bond acceptors (Lipinski definition) is 2. The van der Waals surface area contributed by atoms with Crippen LogP contribution >= 0.6 is 0 Å². The van der Waals surface area contributed by atoms with E-state index in [0.717, 1.165) is 24.3 Å². The van der Waals surface area contributed by atoms with Crippen LogP contribution in [0.2, 0.25) is 0 Å². The van der Waals surface area contributed by atoms with Crippen LogP contribution in [0.25, 0.3) is 0 Å². The van der Waals surface area contributed by atoms with Crippen LogP contribution in [-0.4, -0.2) is 12.3 Å². The van der Waals surface area contributed by atoms with Crippen molar-refractivity contribution in [1.82, 2.24) is 0 Å². The molecule has 1 aromatic rings. The number of benzene rings is 1. The van der Waals surface area contributed by atoms with Gasteiger partial charge in [-0.3, -0.25) is 0 Å². The van der Waals surface area contributed by atoms with E-state index in [1.54, 1.807) is 0 Å². The van der Waals surface area contributed by atoms with Crippen molar-refractivity contribution >= 4 is 6.21 Å². The summed E-state index contributed by atoms with van der Waals surface area (Å²) in [5, 5.41) is 4.02. The quantitative estimate of drug-likeness (QED) is 0.572. The third-order valence-corrected chi connectivity index (χ3v) is 3.95. The SMILES string of the molecule is C(=NOC1CC1)c1ccc(C2CCCCC2)cc1. The predicted molar refractivity (Wildman–Crippen MR) is 74.0 cm³/mol. The van der Waals surface area contributed by atoms with Gasteiger partial charge in [0, 0.05) is 0 Å². The zero-order chi connectivity index (χ0) is 12.2. The van der Waals surface area contributed by atoms with Crippen LogP contribution in [0.3, 0.4) is 0 Å². The van der Waals surface area contributed by atoms with Crippen LogP contribution in [0, 0.1) is 0 Å². The van der Waals surface area contributed by atoms with Gasteiger partial charge in [-0.05, 0) is 42.7 Å². The first-order valence-corrected chi connectivity index (χ1v) is 7.21. The second-order valence-corrected chi connectivity index (χ2v) is 5.54. The van der Waals surface area contributed by atoms with Crippen molar-refractivity contribution in [3.8, 4) is 0 Å². The minimum atomic E-state index is 0.391. The highest BCUT2D eigenvalue weighted by atomic mass is 16.6. The molecule has 0 saturated heterocycles. The van der Waals surface area contributed by atoms with Crippen LogP contribution in [0.4, 0.5) is 0 Å². The lowest BCUT2D eigenvalue weighted by Crippen LogP contribution is -2.04. The largest absolute Gasteiger partial charge is 0.392 e. The van der Waals surface area contributed by atoms with E-state index in [0.29, 0.717) is 6.10 Å². The fourth-order valence-corrected chi connectivity index (χ4v) is 2.64. The molecule has 3 rings (SSSR count). The first-order chi connectivity index (χ1) is 8.92. The van der Waals surface area contributed by atoms with E-state index in [4.69, 9.17) is 4.84 Å². The van der Waals surface area contributed by atoms with Gasteiger partial charge in [-0.15, -0.1) is 0 Å². The van der Waals surface area contributed by atoms with Gasteiger partial charge < -0.3 is 4.84 Å². The first-order valence-electron chi connectivity index (χ1n) is 7.21. The van der Waals surface area contributed by atoms with Crippen LogP contribution in [0.15, 0.2) is 29.4 Å². The average Bonchev–Trinajstić information content (AvgIpc) is 3.25. The molecule has 0 aliphatic heterocycles. The third kappa shape index (κ3) is 3.12. The highest BCUT2D eigenvalue weighted by molar-refractivity contribution is 5.79. The molecule has 0 spiro atoms. The summed E-state index contributed by atoms with van der Waals surface area (Å²) in [5.74, 6) is 0.785. The van der Waals surface area contributed by atoms with Crippen molar-refractivity contribution in [2.45, 2.75) is 57.0 Å². The van der Waals surface area contributed by atoms with Crippen LogP contribution in [0.5, 0.6) is 0 Å². The fourth-order valence-electron chi connectivity index (χ4n) is 2.64. The minimum absolute atomic E-state index is 0.391. The molecule has 1 aromatic carbocycles. The lowest BCUT2D eigenvalue weighted by atomic mass is 9.84. The molecule has 0 amide bonds. The van der Waals surface area contributed by atoms with E-state index in [9.17, 15) is 0 Å². The molecule has 2 nitrogen and oxygen atoms in total. The van der Waals surface area contributed by atoms with E-state index in [2.05, 4.69) is 29.4 Å². The van der Waals surface area contributed by atoms with Crippen LogP contribution < -0.4 is 0 Å². The van der Waals surface area contributed by atoms with Crippen molar-refractivity contribution in [1.29, 1.82) is 0 Å². The zero-order valence-electron chi connectivity index (χ0n) is 10.8. The topological polar surface area (TPSA) is 21.6 Å². The Kier molecular flexibility index (Phi) is 3.63. The van der Waals surface area contributed by atoms with E-state index in [-0.39, 0.29) is 0 Å². The van der Waals surface area contributed by atoms with E-state index in [1.165, 1.54) is 37.7 Å². The molecular formula is C16H21NO. The Morgan fingerprint density at radius 2 is 1.67 bits per heavy atom. The molecule has 2 saturated carbocycles.